The molecule has 0 aromatic carbocycles. The molecule has 1 saturated heterocycles. The number of nitrogens with zero attached hydrogens (tertiary/aromatic N) is 1. The number of thiophene rings is 2. The van der Waals surface area contributed by atoms with Gasteiger partial charge in [0.05, 0.1) is 0 Å². The highest BCUT2D eigenvalue weighted by Crippen LogP contribution is 2.22. The van der Waals surface area contributed by atoms with Crippen LogP contribution in [0.25, 0.3) is 0 Å². The van der Waals surface area contributed by atoms with Crippen LogP contribution in [-0.2, 0) is 6.54 Å². The first-order valence-corrected chi connectivity index (χ1v) is 8.32. The Balaban J connectivity index is 1.54. The molecule has 0 spiro atoms. The number of piperidine rings is 1. The second kappa shape index (κ2) is 5.87. The van der Waals surface area contributed by atoms with E-state index in [1.807, 2.05) is 0 Å². The van der Waals surface area contributed by atoms with Gasteiger partial charge in [0.1, 0.15) is 0 Å². The molecule has 1 N–H and O–H groups in total. The van der Waals surface area contributed by atoms with Gasteiger partial charge < -0.3 is 10.2 Å². The Kier molecular flexibility index (Phi) is 3.98. The van der Waals surface area contributed by atoms with Gasteiger partial charge in [0.25, 0.3) is 0 Å². The van der Waals surface area contributed by atoms with Crippen LogP contribution in [0.2, 0.25) is 0 Å². The van der Waals surface area contributed by atoms with E-state index in [9.17, 15) is 0 Å². The smallest absolute Gasteiger partial charge is 0.0475 e. The van der Waals surface area contributed by atoms with Gasteiger partial charge in [-0.25, -0.2) is 0 Å². The van der Waals surface area contributed by atoms with Gasteiger partial charge in [-0.3, -0.25) is 0 Å². The number of hydrogen-bond acceptors (Lipinski definition) is 4. The summed E-state index contributed by atoms with van der Waals surface area (Å²) >= 11 is 3.56. The lowest BCUT2D eigenvalue weighted by molar-refractivity contribution is 0.422. The second-order valence-electron chi connectivity index (χ2n) is 4.78. The largest absolute Gasteiger partial charge is 0.369 e. The highest BCUT2D eigenvalue weighted by molar-refractivity contribution is 7.08. The van der Waals surface area contributed by atoms with Crippen LogP contribution < -0.4 is 10.2 Å². The molecule has 1 fully saturated rings. The molecule has 2 nitrogen and oxygen atoms in total. The summed E-state index contributed by atoms with van der Waals surface area (Å²) in [4.78, 5) is 2.51. The Morgan fingerprint density at radius 1 is 1.22 bits per heavy atom. The average molecular weight is 278 g/mol. The molecular formula is C14H18N2S2. The van der Waals surface area contributed by atoms with Gasteiger partial charge in [-0.2, -0.15) is 22.7 Å². The van der Waals surface area contributed by atoms with Crippen molar-refractivity contribution in [3.63, 3.8) is 0 Å². The molecule has 2 aromatic rings. The van der Waals surface area contributed by atoms with E-state index in [1.165, 1.54) is 30.6 Å². The minimum Gasteiger partial charge on any atom is -0.369 e. The van der Waals surface area contributed by atoms with Crippen LogP contribution >= 0.6 is 22.7 Å². The third-order valence-corrected chi connectivity index (χ3v) is 4.87. The topological polar surface area (TPSA) is 15.3 Å². The molecule has 0 unspecified atom stereocenters. The summed E-state index contributed by atoms with van der Waals surface area (Å²) in [7, 11) is 0. The normalized spacial score (nSPS) is 20.2. The number of hydrogen-bond donors (Lipinski definition) is 1. The van der Waals surface area contributed by atoms with Crippen molar-refractivity contribution >= 4 is 28.4 Å². The van der Waals surface area contributed by atoms with Gasteiger partial charge in [0, 0.05) is 36.7 Å². The van der Waals surface area contributed by atoms with Crippen LogP contribution in [0.1, 0.15) is 18.4 Å². The van der Waals surface area contributed by atoms with Gasteiger partial charge in [-0.1, -0.05) is 0 Å². The maximum atomic E-state index is 3.68. The van der Waals surface area contributed by atoms with Crippen molar-refractivity contribution in [2.24, 2.45) is 0 Å². The van der Waals surface area contributed by atoms with Crippen LogP contribution in [0.15, 0.2) is 33.7 Å². The number of nitrogens with one attached hydrogen (secondary N) is 1. The SMILES string of the molecule is c1cc(CN[C@H]2CCCN(c3ccsc3)C2)cs1. The standard InChI is InChI=1S/C14H18N2S2/c1-2-13(15-8-12-3-6-17-10-12)9-16(5-1)14-4-7-18-11-14/h3-4,6-7,10-11,13,15H,1-2,5,8-9H2/t13-/m0/s1. The molecule has 1 atom stereocenters. The van der Waals surface area contributed by atoms with Crippen molar-refractivity contribution in [3.8, 4) is 0 Å². The first-order chi connectivity index (χ1) is 8.92. The molecule has 18 heavy (non-hydrogen) atoms. The zero-order valence-electron chi connectivity index (χ0n) is 10.3. The van der Waals surface area contributed by atoms with E-state index >= 15 is 0 Å². The zero-order chi connectivity index (χ0) is 12.2. The van der Waals surface area contributed by atoms with E-state index in [2.05, 4.69) is 43.9 Å². The molecule has 1 aliphatic rings. The van der Waals surface area contributed by atoms with Crippen molar-refractivity contribution in [1.82, 2.24) is 5.32 Å². The van der Waals surface area contributed by atoms with E-state index in [4.69, 9.17) is 0 Å². The van der Waals surface area contributed by atoms with Crippen molar-refractivity contribution in [1.29, 1.82) is 0 Å². The number of rotatable bonds is 4. The molecule has 0 amide bonds. The quantitative estimate of drug-likeness (QED) is 0.920. The molecule has 96 valence electrons. The van der Waals surface area contributed by atoms with Crippen LogP contribution in [-0.4, -0.2) is 19.1 Å². The first-order valence-electron chi connectivity index (χ1n) is 6.43. The summed E-state index contributed by atoms with van der Waals surface area (Å²) in [6.07, 6.45) is 2.59. The molecular weight excluding hydrogens is 260 g/mol. The average Bonchev–Trinajstić information content (AvgIpc) is 3.10. The second-order valence-corrected chi connectivity index (χ2v) is 6.34. The summed E-state index contributed by atoms with van der Waals surface area (Å²) in [5, 5.41) is 12.5. The maximum absolute atomic E-state index is 3.68. The summed E-state index contributed by atoms with van der Waals surface area (Å²) in [6, 6.07) is 5.06. The zero-order valence-corrected chi connectivity index (χ0v) is 12.0. The first kappa shape index (κ1) is 12.2. The fourth-order valence-electron chi connectivity index (χ4n) is 2.47. The van der Waals surface area contributed by atoms with Crippen LogP contribution in [0.5, 0.6) is 0 Å². The van der Waals surface area contributed by atoms with E-state index in [-0.39, 0.29) is 0 Å². The highest BCUT2D eigenvalue weighted by Gasteiger charge is 2.19. The fourth-order valence-corrected chi connectivity index (χ4v) is 3.80. The Morgan fingerprint density at radius 2 is 2.11 bits per heavy atom. The van der Waals surface area contributed by atoms with Crippen molar-refractivity contribution in [3.05, 3.63) is 39.2 Å². The number of anilines is 1. The van der Waals surface area contributed by atoms with E-state index in [1.54, 1.807) is 22.7 Å². The van der Waals surface area contributed by atoms with Gasteiger partial charge in [-0.05, 0) is 46.7 Å². The van der Waals surface area contributed by atoms with Crippen molar-refractivity contribution < 1.29 is 0 Å². The minimum atomic E-state index is 0.624. The summed E-state index contributed by atoms with van der Waals surface area (Å²) in [5.74, 6) is 0. The third-order valence-electron chi connectivity index (χ3n) is 3.47. The molecule has 0 saturated carbocycles. The van der Waals surface area contributed by atoms with E-state index in [0.29, 0.717) is 6.04 Å². The molecule has 3 rings (SSSR count). The lowest BCUT2D eigenvalue weighted by Crippen LogP contribution is -2.45. The van der Waals surface area contributed by atoms with E-state index < -0.39 is 0 Å². The molecule has 1 aliphatic heterocycles. The van der Waals surface area contributed by atoms with Crippen LogP contribution in [0, 0.1) is 0 Å². The highest BCUT2D eigenvalue weighted by atomic mass is 32.1. The Hall–Kier alpha value is -0.840. The predicted molar refractivity (Wildman–Crippen MR) is 80.7 cm³/mol. The molecule has 2 aromatic heterocycles. The maximum Gasteiger partial charge on any atom is 0.0475 e. The van der Waals surface area contributed by atoms with Crippen molar-refractivity contribution in [2.45, 2.75) is 25.4 Å². The minimum absolute atomic E-state index is 0.624. The molecule has 3 heterocycles. The summed E-state index contributed by atoms with van der Waals surface area (Å²) in [5.41, 5.74) is 2.80. The molecule has 4 heteroatoms. The van der Waals surface area contributed by atoms with Gasteiger partial charge in [-0.15, -0.1) is 0 Å². The molecule has 0 radical (unpaired) electrons. The Bertz CT molecular complexity index is 450. The van der Waals surface area contributed by atoms with Gasteiger partial charge in [0.15, 0.2) is 0 Å². The Labute approximate surface area is 116 Å². The Morgan fingerprint density at radius 3 is 2.89 bits per heavy atom. The summed E-state index contributed by atoms with van der Waals surface area (Å²) < 4.78 is 0. The van der Waals surface area contributed by atoms with Gasteiger partial charge in [0.2, 0.25) is 0 Å². The van der Waals surface area contributed by atoms with Crippen LogP contribution in [0.4, 0.5) is 5.69 Å². The predicted octanol–water partition coefficient (Wildman–Crippen LogP) is 3.57. The van der Waals surface area contributed by atoms with Crippen LogP contribution in [0.3, 0.4) is 0 Å². The summed E-state index contributed by atoms with van der Waals surface area (Å²) in [6.45, 7) is 3.35. The fraction of sp³-hybridized carbons (Fsp3) is 0.429. The molecule has 0 bridgehead atoms. The lowest BCUT2D eigenvalue weighted by Gasteiger charge is -2.34. The third kappa shape index (κ3) is 2.94. The monoisotopic (exact) mass is 278 g/mol. The van der Waals surface area contributed by atoms with E-state index in [0.717, 1.165) is 13.1 Å². The molecule has 0 aliphatic carbocycles. The van der Waals surface area contributed by atoms with Crippen molar-refractivity contribution in [2.75, 3.05) is 18.0 Å². The van der Waals surface area contributed by atoms with Gasteiger partial charge >= 0.3 is 0 Å². The lowest BCUT2D eigenvalue weighted by atomic mass is 10.1.